The van der Waals surface area contributed by atoms with Gasteiger partial charge in [0.15, 0.2) is 5.65 Å². The maximum atomic E-state index is 13.2. The van der Waals surface area contributed by atoms with Gasteiger partial charge in [-0.05, 0) is 73.0 Å². The van der Waals surface area contributed by atoms with Crippen molar-refractivity contribution < 1.29 is 13.2 Å². The Morgan fingerprint density at radius 3 is 2.37 bits per heavy atom. The Bertz CT molecular complexity index is 1880. The average molecular weight is 613 g/mol. The molecule has 0 aliphatic carbocycles. The van der Waals surface area contributed by atoms with Crippen molar-refractivity contribution in [3.05, 3.63) is 108 Å². The summed E-state index contributed by atoms with van der Waals surface area (Å²) < 4.78 is 25.7. The molecule has 2 aromatic heterocycles. The van der Waals surface area contributed by atoms with Gasteiger partial charge in [0.05, 0.1) is 17.3 Å². The summed E-state index contributed by atoms with van der Waals surface area (Å²) in [5.41, 5.74) is 5.34. The molecule has 9 nitrogen and oxygen atoms in total. The van der Waals surface area contributed by atoms with E-state index in [4.69, 9.17) is 4.98 Å². The highest BCUT2D eigenvalue weighted by Crippen LogP contribution is 2.37. The summed E-state index contributed by atoms with van der Waals surface area (Å²) in [6.45, 7) is 6.60. The molecule has 0 saturated heterocycles. The molecular formula is C32H32N6O3S2. The first-order valence-corrected chi connectivity index (χ1v) is 16.4. The van der Waals surface area contributed by atoms with E-state index in [2.05, 4.69) is 39.2 Å². The minimum Gasteiger partial charge on any atom is -0.348 e. The molecule has 1 amide bonds. The van der Waals surface area contributed by atoms with Gasteiger partial charge in [-0.25, -0.2) is 23.4 Å². The van der Waals surface area contributed by atoms with Crippen molar-refractivity contribution in [3.8, 4) is 0 Å². The van der Waals surface area contributed by atoms with E-state index in [1.165, 1.54) is 18.1 Å². The number of carbonyl (C=O) groups is 1. The molecule has 0 saturated carbocycles. The Morgan fingerprint density at radius 1 is 0.930 bits per heavy atom. The molecule has 0 bridgehead atoms. The second-order valence-electron chi connectivity index (χ2n) is 10.5. The lowest BCUT2D eigenvalue weighted by atomic mass is 10.1. The van der Waals surface area contributed by atoms with Crippen LogP contribution in [-0.4, -0.2) is 35.5 Å². The molecule has 3 N–H and O–H groups in total. The summed E-state index contributed by atoms with van der Waals surface area (Å²) in [4.78, 5) is 28.5. The molecule has 0 atom stereocenters. The summed E-state index contributed by atoms with van der Waals surface area (Å²) in [5, 5.41) is 7.18. The van der Waals surface area contributed by atoms with E-state index >= 15 is 0 Å². The second-order valence-corrected chi connectivity index (χ2v) is 13.4. The Labute approximate surface area is 255 Å². The van der Waals surface area contributed by atoms with E-state index in [-0.39, 0.29) is 11.8 Å². The lowest BCUT2D eigenvalue weighted by Gasteiger charge is -2.15. The number of carbonyl (C=O) groups excluding carboxylic acids is 1. The van der Waals surface area contributed by atoms with Crippen LogP contribution < -0.4 is 15.4 Å². The number of anilines is 3. The fraction of sp³-hybridized carbons (Fsp3) is 0.188. The van der Waals surface area contributed by atoms with Crippen LogP contribution in [0.15, 0.2) is 95.0 Å². The highest BCUT2D eigenvalue weighted by Gasteiger charge is 2.15. The number of benzene rings is 3. The maximum absolute atomic E-state index is 13.2. The Kier molecular flexibility index (Phi) is 8.93. The van der Waals surface area contributed by atoms with Gasteiger partial charge in [-0.1, -0.05) is 55.4 Å². The number of fused-ring (bicyclic) bond motifs is 1. The monoisotopic (exact) mass is 612 g/mol. The van der Waals surface area contributed by atoms with Crippen molar-refractivity contribution in [1.29, 1.82) is 0 Å². The molecule has 0 spiro atoms. The third kappa shape index (κ3) is 7.88. The normalized spacial score (nSPS) is 11.5. The van der Waals surface area contributed by atoms with Crippen LogP contribution in [0.4, 0.5) is 17.2 Å². The van der Waals surface area contributed by atoms with Crippen molar-refractivity contribution in [2.45, 2.75) is 43.0 Å². The maximum Gasteiger partial charge on any atom is 0.251 e. The molecule has 0 aliphatic heterocycles. The summed E-state index contributed by atoms with van der Waals surface area (Å²) in [7, 11) is -3.38. The van der Waals surface area contributed by atoms with Crippen LogP contribution in [0, 0.1) is 6.92 Å². The quantitative estimate of drug-likeness (QED) is 0.160. The minimum atomic E-state index is -3.38. The number of aryl methyl sites for hydroxylation is 1. The van der Waals surface area contributed by atoms with Crippen molar-refractivity contribution >= 4 is 55.9 Å². The summed E-state index contributed by atoms with van der Waals surface area (Å²) in [6, 6.07) is 24.5. The molecule has 0 unspecified atom stereocenters. The lowest BCUT2D eigenvalue weighted by molar-refractivity contribution is 0.0951. The van der Waals surface area contributed by atoms with Gasteiger partial charge in [-0.2, -0.15) is 0 Å². The smallest absolute Gasteiger partial charge is 0.251 e. The Balaban J connectivity index is 1.45. The van der Waals surface area contributed by atoms with Crippen LogP contribution in [0.25, 0.3) is 11.0 Å². The van der Waals surface area contributed by atoms with Gasteiger partial charge < -0.3 is 10.6 Å². The van der Waals surface area contributed by atoms with E-state index in [1.807, 2.05) is 61.5 Å². The average Bonchev–Trinajstić information content (AvgIpc) is 2.97. The van der Waals surface area contributed by atoms with E-state index in [1.54, 1.807) is 24.3 Å². The zero-order valence-corrected chi connectivity index (χ0v) is 25.9. The first-order valence-electron chi connectivity index (χ1n) is 13.7. The highest BCUT2D eigenvalue weighted by atomic mass is 32.2. The molecule has 0 aliphatic rings. The molecule has 220 valence electrons. The largest absolute Gasteiger partial charge is 0.348 e. The van der Waals surface area contributed by atoms with E-state index in [0.717, 1.165) is 38.3 Å². The molecule has 43 heavy (non-hydrogen) atoms. The van der Waals surface area contributed by atoms with E-state index < -0.39 is 10.0 Å². The highest BCUT2D eigenvalue weighted by molar-refractivity contribution is 7.99. The van der Waals surface area contributed by atoms with Gasteiger partial charge in [0.1, 0.15) is 12.1 Å². The predicted molar refractivity (Wildman–Crippen MR) is 173 cm³/mol. The fourth-order valence-corrected chi connectivity index (χ4v) is 5.73. The fourth-order valence-electron chi connectivity index (χ4n) is 4.29. The second kappa shape index (κ2) is 12.8. The number of sulfonamides is 1. The van der Waals surface area contributed by atoms with Crippen molar-refractivity contribution in [2.24, 2.45) is 0 Å². The first-order chi connectivity index (χ1) is 20.5. The van der Waals surface area contributed by atoms with Gasteiger partial charge in [-0.15, -0.1) is 0 Å². The van der Waals surface area contributed by atoms with Crippen LogP contribution in [0.1, 0.15) is 46.9 Å². The van der Waals surface area contributed by atoms with Crippen LogP contribution in [0.2, 0.25) is 0 Å². The van der Waals surface area contributed by atoms with Crippen LogP contribution in [-0.2, 0) is 16.6 Å². The van der Waals surface area contributed by atoms with Crippen molar-refractivity contribution in [1.82, 2.24) is 20.3 Å². The van der Waals surface area contributed by atoms with E-state index in [0.29, 0.717) is 34.9 Å². The van der Waals surface area contributed by atoms with Crippen molar-refractivity contribution in [3.63, 3.8) is 0 Å². The zero-order chi connectivity index (χ0) is 30.6. The number of nitrogens with one attached hydrogen (secondary N) is 3. The van der Waals surface area contributed by atoms with E-state index in [9.17, 15) is 13.2 Å². The molecule has 0 radical (unpaired) electrons. The van der Waals surface area contributed by atoms with Crippen LogP contribution >= 0.6 is 11.8 Å². The van der Waals surface area contributed by atoms with Crippen LogP contribution in [0.5, 0.6) is 0 Å². The number of pyridine rings is 1. The summed E-state index contributed by atoms with van der Waals surface area (Å²) in [5.74, 6) is 0.625. The van der Waals surface area contributed by atoms with Gasteiger partial charge in [-0.3, -0.25) is 9.52 Å². The third-order valence-corrected chi connectivity index (χ3v) is 8.25. The first kappa shape index (κ1) is 30.0. The number of nitrogens with zero attached hydrogens (tertiary/aromatic N) is 3. The number of hydrogen-bond donors (Lipinski definition) is 3. The summed E-state index contributed by atoms with van der Waals surface area (Å²) in [6.07, 6.45) is 2.59. The topological polar surface area (TPSA) is 126 Å². The number of hydrogen-bond acceptors (Lipinski definition) is 8. The Morgan fingerprint density at radius 2 is 1.67 bits per heavy atom. The molecule has 5 rings (SSSR count). The van der Waals surface area contributed by atoms with Gasteiger partial charge in [0.25, 0.3) is 5.91 Å². The third-order valence-electron chi connectivity index (χ3n) is 6.56. The molecule has 5 aromatic rings. The lowest BCUT2D eigenvalue weighted by Crippen LogP contribution is -2.22. The molecule has 2 heterocycles. The number of amides is 1. The predicted octanol–water partition coefficient (Wildman–Crippen LogP) is 6.65. The zero-order valence-electron chi connectivity index (χ0n) is 24.3. The summed E-state index contributed by atoms with van der Waals surface area (Å²) >= 11 is 1.47. The molecule has 11 heteroatoms. The van der Waals surface area contributed by atoms with Crippen molar-refractivity contribution in [2.75, 3.05) is 16.3 Å². The van der Waals surface area contributed by atoms with Crippen LogP contribution in [0.3, 0.4) is 0 Å². The molecule has 0 fully saturated rings. The van der Waals surface area contributed by atoms with Gasteiger partial charge >= 0.3 is 0 Å². The molecule has 3 aromatic carbocycles. The SMILES string of the molecule is Cc1ccc(CNC(=O)c2ccc(Sc3ccc(NS(C)(=O)=O)cc3)c(Nc3ncnc4nc(C(C)C)ccc34)c2)cc1. The van der Waals surface area contributed by atoms with Gasteiger partial charge in [0, 0.05) is 33.3 Å². The Hall–Kier alpha value is -4.48. The van der Waals surface area contributed by atoms with Gasteiger partial charge in [0.2, 0.25) is 10.0 Å². The number of rotatable bonds is 10. The standard InChI is InChI=1S/C32H32N6O3S2/c1-20(2)27-15-14-26-30(36-27)34-19-35-31(26)37-28-17-23(32(39)33-18-22-7-5-21(3)6-8-22)9-16-29(28)42-25-12-10-24(11-13-25)38-43(4,40)41/h5-17,19-20,38H,18H2,1-4H3,(H,33,39)(H,34,35,36,37). The number of aromatic nitrogens is 3. The minimum absolute atomic E-state index is 0.202. The molecular weight excluding hydrogens is 581 g/mol.